The molecule has 0 radical (unpaired) electrons. The lowest BCUT2D eigenvalue weighted by Crippen LogP contribution is -2.07. The molecule has 0 atom stereocenters. The molecular formula is C24H19ClF5NO3. The van der Waals surface area contributed by atoms with Gasteiger partial charge in [-0.1, -0.05) is 24.6 Å². The van der Waals surface area contributed by atoms with Crippen LogP contribution in [0, 0.1) is 11.6 Å². The summed E-state index contributed by atoms with van der Waals surface area (Å²) in [5, 5.41) is 0.101. The molecule has 0 spiro atoms. The lowest BCUT2D eigenvalue weighted by atomic mass is 9.94. The van der Waals surface area contributed by atoms with E-state index in [9.17, 15) is 26.7 Å². The minimum absolute atomic E-state index is 0.0871. The van der Waals surface area contributed by atoms with E-state index < -0.39 is 35.1 Å². The molecule has 3 aromatic carbocycles. The zero-order chi connectivity index (χ0) is 25.2. The molecule has 3 aromatic rings. The van der Waals surface area contributed by atoms with Gasteiger partial charge in [0.1, 0.15) is 12.4 Å². The van der Waals surface area contributed by atoms with Gasteiger partial charge >= 0.3 is 12.1 Å². The first-order valence-electron chi connectivity index (χ1n) is 9.99. The number of carbonyl (C=O) groups excluding carboxylic acids is 1. The van der Waals surface area contributed by atoms with E-state index in [2.05, 4.69) is 4.74 Å². The summed E-state index contributed by atoms with van der Waals surface area (Å²) in [5.74, 6) is -3.76. The average molecular weight is 500 g/mol. The van der Waals surface area contributed by atoms with Crippen LogP contribution in [0.4, 0.5) is 27.6 Å². The molecule has 0 heterocycles. The summed E-state index contributed by atoms with van der Waals surface area (Å²) < 4.78 is 77.7. The molecule has 0 fully saturated rings. The quantitative estimate of drug-likeness (QED) is 0.172. The van der Waals surface area contributed by atoms with Crippen LogP contribution in [0.3, 0.4) is 0 Å². The molecule has 180 valence electrons. The third kappa shape index (κ3) is 5.59. The number of alkyl halides is 3. The summed E-state index contributed by atoms with van der Waals surface area (Å²) in [4.78, 5) is 11.0. The molecule has 0 saturated carbocycles. The fraction of sp³-hybridized carbons (Fsp3) is 0.208. The van der Waals surface area contributed by atoms with Crippen LogP contribution in [0.5, 0.6) is 11.5 Å². The highest BCUT2D eigenvalue weighted by Crippen LogP contribution is 2.40. The molecule has 0 unspecified atom stereocenters. The zero-order valence-electron chi connectivity index (χ0n) is 18.0. The molecule has 10 heteroatoms. The highest BCUT2D eigenvalue weighted by Gasteiger charge is 2.31. The number of carbonyl (C=O) groups is 1. The zero-order valence-corrected chi connectivity index (χ0v) is 18.8. The number of rotatable bonds is 6. The van der Waals surface area contributed by atoms with Gasteiger partial charge in [0, 0.05) is 18.2 Å². The molecule has 3 rings (SSSR count). The van der Waals surface area contributed by atoms with Crippen molar-refractivity contribution >= 4 is 23.3 Å². The lowest BCUT2D eigenvalue weighted by molar-refractivity contribution is -0.137. The Morgan fingerprint density at radius 3 is 2.24 bits per heavy atom. The van der Waals surface area contributed by atoms with E-state index in [1.54, 1.807) is 6.92 Å². The van der Waals surface area contributed by atoms with E-state index in [-0.39, 0.29) is 28.6 Å². The van der Waals surface area contributed by atoms with Crippen molar-refractivity contribution in [3.63, 3.8) is 0 Å². The smallest absolute Gasteiger partial charge is 0.416 e. The predicted molar refractivity (Wildman–Crippen MR) is 118 cm³/mol. The van der Waals surface area contributed by atoms with Gasteiger partial charge in [-0.2, -0.15) is 13.2 Å². The van der Waals surface area contributed by atoms with Gasteiger partial charge in [-0.3, -0.25) is 4.79 Å². The molecule has 34 heavy (non-hydrogen) atoms. The summed E-state index contributed by atoms with van der Waals surface area (Å²) in [7, 11) is 0. The van der Waals surface area contributed by atoms with Crippen molar-refractivity contribution in [1.82, 2.24) is 0 Å². The predicted octanol–water partition coefficient (Wildman–Crippen LogP) is 6.95. The first-order valence-corrected chi connectivity index (χ1v) is 10.4. The van der Waals surface area contributed by atoms with Crippen LogP contribution in [0.1, 0.15) is 30.5 Å². The maximum Gasteiger partial charge on any atom is 0.416 e. The number of aryl methyl sites for hydroxylation is 1. The van der Waals surface area contributed by atoms with E-state index in [1.165, 1.54) is 18.2 Å². The number of hydrogen-bond donors (Lipinski definition) is 1. The highest BCUT2D eigenvalue weighted by atomic mass is 35.5. The first kappa shape index (κ1) is 25.3. The first-order chi connectivity index (χ1) is 15.9. The van der Waals surface area contributed by atoms with Gasteiger partial charge in [0.25, 0.3) is 0 Å². The van der Waals surface area contributed by atoms with Crippen molar-refractivity contribution in [2.75, 3.05) is 5.73 Å². The second-order valence-corrected chi connectivity index (χ2v) is 7.77. The Morgan fingerprint density at radius 1 is 1.03 bits per heavy atom. The van der Waals surface area contributed by atoms with Gasteiger partial charge in [0.15, 0.2) is 11.6 Å². The molecule has 0 bridgehead atoms. The standard InChI is InChI=1S/C24H19ClF5NO3/c1-3-14-8-15(24(28,29)30)4-5-16(14)17-9-22(18(25)10-21(17)31)33-11-13-6-19(26)23(20(27)7-13)34-12(2)32/h4-10H,3,11,31H2,1-2H3. The van der Waals surface area contributed by atoms with Crippen molar-refractivity contribution in [3.8, 4) is 22.6 Å². The van der Waals surface area contributed by atoms with Crippen LogP contribution in [0.2, 0.25) is 5.02 Å². The molecule has 0 aromatic heterocycles. The van der Waals surface area contributed by atoms with E-state index in [1.807, 2.05) is 0 Å². The minimum atomic E-state index is -4.49. The Kier molecular flexibility index (Phi) is 7.35. The topological polar surface area (TPSA) is 61.5 Å². The normalized spacial score (nSPS) is 11.4. The Labute approximate surface area is 197 Å². The van der Waals surface area contributed by atoms with Crippen LogP contribution >= 0.6 is 11.6 Å². The van der Waals surface area contributed by atoms with Crippen LogP contribution in [0.25, 0.3) is 11.1 Å². The number of halogens is 6. The van der Waals surface area contributed by atoms with Gasteiger partial charge in [0.2, 0.25) is 5.75 Å². The van der Waals surface area contributed by atoms with Crippen LogP contribution in [0.15, 0.2) is 42.5 Å². The molecule has 0 aliphatic carbocycles. The third-order valence-electron chi connectivity index (χ3n) is 4.91. The monoisotopic (exact) mass is 499 g/mol. The summed E-state index contributed by atoms with van der Waals surface area (Å²) in [6.45, 7) is 2.42. The van der Waals surface area contributed by atoms with Gasteiger partial charge in [0.05, 0.1) is 10.6 Å². The average Bonchev–Trinajstić information content (AvgIpc) is 2.74. The highest BCUT2D eigenvalue weighted by molar-refractivity contribution is 6.32. The van der Waals surface area contributed by atoms with Gasteiger partial charge in [-0.25, -0.2) is 8.78 Å². The molecule has 4 nitrogen and oxygen atoms in total. The molecule has 0 aliphatic heterocycles. The molecular weight excluding hydrogens is 481 g/mol. The minimum Gasteiger partial charge on any atom is -0.487 e. The van der Waals surface area contributed by atoms with Crippen molar-refractivity contribution in [3.05, 3.63) is 75.8 Å². The van der Waals surface area contributed by atoms with Crippen LogP contribution in [-0.2, 0) is 24.0 Å². The van der Waals surface area contributed by atoms with E-state index in [4.69, 9.17) is 22.1 Å². The Balaban J connectivity index is 1.92. The fourth-order valence-corrected chi connectivity index (χ4v) is 3.56. The van der Waals surface area contributed by atoms with E-state index in [0.29, 0.717) is 23.1 Å². The van der Waals surface area contributed by atoms with Gasteiger partial charge in [-0.05, 0) is 59.5 Å². The maximum atomic E-state index is 14.1. The third-order valence-corrected chi connectivity index (χ3v) is 5.20. The number of benzene rings is 3. The number of esters is 1. The summed E-state index contributed by atoms with van der Waals surface area (Å²) in [6.07, 6.45) is -4.18. The number of nitrogen functional groups attached to an aromatic ring is 1. The number of ether oxygens (including phenoxy) is 2. The Hall–Kier alpha value is -3.33. The van der Waals surface area contributed by atoms with Crippen molar-refractivity contribution in [2.45, 2.75) is 33.1 Å². The van der Waals surface area contributed by atoms with Gasteiger partial charge in [-0.15, -0.1) is 0 Å². The Bertz CT molecular complexity index is 1220. The lowest BCUT2D eigenvalue weighted by Gasteiger charge is -2.17. The molecule has 0 aliphatic rings. The largest absolute Gasteiger partial charge is 0.487 e. The second-order valence-electron chi connectivity index (χ2n) is 7.36. The van der Waals surface area contributed by atoms with Crippen LogP contribution in [-0.4, -0.2) is 5.97 Å². The second kappa shape index (κ2) is 9.89. The van der Waals surface area contributed by atoms with Gasteiger partial charge < -0.3 is 15.2 Å². The number of anilines is 1. The number of hydrogen-bond acceptors (Lipinski definition) is 4. The van der Waals surface area contributed by atoms with Crippen LogP contribution < -0.4 is 15.2 Å². The number of nitrogens with two attached hydrogens (primary N) is 1. The van der Waals surface area contributed by atoms with Crippen molar-refractivity contribution in [2.24, 2.45) is 0 Å². The van der Waals surface area contributed by atoms with Crippen molar-refractivity contribution in [1.29, 1.82) is 0 Å². The summed E-state index contributed by atoms with van der Waals surface area (Å²) >= 11 is 6.20. The van der Waals surface area contributed by atoms with E-state index in [0.717, 1.165) is 31.2 Å². The molecule has 2 N–H and O–H groups in total. The maximum absolute atomic E-state index is 14.1. The molecule has 0 saturated heterocycles. The summed E-state index contributed by atoms with van der Waals surface area (Å²) in [6, 6.07) is 8.06. The van der Waals surface area contributed by atoms with Crippen molar-refractivity contribution < 1.29 is 36.2 Å². The van der Waals surface area contributed by atoms with E-state index >= 15 is 0 Å². The summed E-state index contributed by atoms with van der Waals surface area (Å²) in [5.41, 5.74) is 6.88. The fourth-order valence-electron chi connectivity index (χ4n) is 3.34. The Morgan fingerprint density at radius 2 is 1.68 bits per heavy atom. The SMILES string of the molecule is CCc1cc(C(F)(F)F)ccc1-c1cc(OCc2cc(F)c(OC(C)=O)c(F)c2)c(Cl)cc1N. The molecule has 0 amide bonds.